The number of nitrogens with two attached hydrogens (primary N) is 1. The van der Waals surface area contributed by atoms with Crippen LogP contribution >= 0.6 is 11.6 Å². The largest absolute Gasteiger partial charge is 0.490 e. The SMILES string of the molecule is Cc1cccc(C(C)(C)C)c1OCCOc1ccc(Cl)cc1CN. The molecule has 0 radical (unpaired) electrons. The smallest absolute Gasteiger partial charge is 0.126 e. The van der Waals surface area contributed by atoms with Crippen molar-refractivity contribution >= 4 is 11.6 Å². The molecule has 130 valence electrons. The minimum Gasteiger partial charge on any atom is -0.490 e. The van der Waals surface area contributed by atoms with E-state index in [1.54, 1.807) is 6.07 Å². The molecule has 0 amide bonds. The van der Waals surface area contributed by atoms with E-state index in [0.717, 1.165) is 22.6 Å². The first-order valence-corrected chi connectivity index (χ1v) is 8.55. The third-order valence-corrected chi connectivity index (χ3v) is 4.08. The highest BCUT2D eigenvalue weighted by atomic mass is 35.5. The molecule has 0 aromatic heterocycles. The Balaban J connectivity index is 2.01. The molecular weight excluding hydrogens is 322 g/mol. The van der Waals surface area contributed by atoms with Crippen molar-refractivity contribution in [1.29, 1.82) is 0 Å². The Morgan fingerprint density at radius 1 is 1.04 bits per heavy atom. The van der Waals surface area contributed by atoms with Crippen molar-refractivity contribution < 1.29 is 9.47 Å². The third-order valence-electron chi connectivity index (χ3n) is 3.85. The first kappa shape index (κ1) is 18.6. The van der Waals surface area contributed by atoms with Crippen LogP contribution in [0.3, 0.4) is 0 Å². The number of rotatable bonds is 6. The highest BCUT2D eigenvalue weighted by Gasteiger charge is 2.20. The van der Waals surface area contributed by atoms with E-state index in [2.05, 4.69) is 45.9 Å². The average molecular weight is 348 g/mol. The number of benzene rings is 2. The van der Waals surface area contributed by atoms with Gasteiger partial charge in [0.1, 0.15) is 24.7 Å². The molecule has 2 N–H and O–H groups in total. The van der Waals surface area contributed by atoms with Gasteiger partial charge in [-0.1, -0.05) is 50.6 Å². The Morgan fingerprint density at radius 3 is 2.42 bits per heavy atom. The predicted molar refractivity (Wildman–Crippen MR) is 100 cm³/mol. The molecule has 3 nitrogen and oxygen atoms in total. The van der Waals surface area contributed by atoms with E-state index in [1.165, 1.54) is 5.56 Å². The highest BCUT2D eigenvalue weighted by molar-refractivity contribution is 6.30. The minimum absolute atomic E-state index is 0.0328. The van der Waals surface area contributed by atoms with E-state index < -0.39 is 0 Å². The zero-order chi connectivity index (χ0) is 17.7. The molecule has 2 aromatic carbocycles. The van der Waals surface area contributed by atoms with Crippen LogP contribution in [0.4, 0.5) is 0 Å². The molecule has 0 aliphatic rings. The molecule has 24 heavy (non-hydrogen) atoms. The summed E-state index contributed by atoms with van der Waals surface area (Å²) < 4.78 is 11.8. The number of hydrogen-bond donors (Lipinski definition) is 1. The Labute approximate surface area is 149 Å². The fraction of sp³-hybridized carbons (Fsp3) is 0.400. The van der Waals surface area contributed by atoms with Gasteiger partial charge < -0.3 is 15.2 Å². The van der Waals surface area contributed by atoms with E-state index >= 15 is 0 Å². The molecule has 2 aromatic rings. The lowest BCUT2D eigenvalue weighted by Gasteiger charge is -2.24. The first-order valence-electron chi connectivity index (χ1n) is 8.17. The molecule has 0 spiro atoms. The summed E-state index contributed by atoms with van der Waals surface area (Å²) in [5.74, 6) is 1.70. The summed E-state index contributed by atoms with van der Waals surface area (Å²) in [7, 11) is 0. The molecule has 2 rings (SSSR count). The lowest BCUT2D eigenvalue weighted by molar-refractivity contribution is 0.212. The van der Waals surface area contributed by atoms with Crippen molar-refractivity contribution in [2.24, 2.45) is 5.73 Å². The van der Waals surface area contributed by atoms with Crippen molar-refractivity contribution in [2.75, 3.05) is 13.2 Å². The molecule has 0 bridgehead atoms. The van der Waals surface area contributed by atoms with Gasteiger partial charge in [0.25, 0.3) is 0 Å². The molecule has 0 saturated carbocycles. The number of hydrogen-bond acceptors (Lipinski definition) is 3. The molecule has 0 fully saturated rings. The fourth-order valence-corrected chi connectivity index (χ4v) is 2.77. The van der Waals surface area contributed by atoms with Crippen LogP contribution in [0.15, 0.2) is 36.4 Å². The first-order chi connectivity index (χ1) is 11.3. The quantitative estimate of drug-likeness (QED) is 0.759. The Bertz CT molecular complexity index is 693. The Kier molecular flexibility index (Phi) is 6.14. The highest BCUT2D eigenvalue weighted by Crippen LogP contribution is 2.33. The molecule has 0 aliphatic carbocycles. The molecular formula is C20H26ClNO2. The van der Waals surface area contributed by atoms with Crippen molar-refractivity contribution in [1.82, 2.24) is 0 Å². The van der Waals surface area contributed by atoms with Crippen molar-refractivity contribution in [2.45, 2.75) is 39.7 Å². The number of ether oxygens (including phenoxy) is 2. The second kappa shape index (κ2) is 7.91. The van der Waals surface area contributed by atoms with Gasteiger partial charge in [-0.2, -0.15) is 0 Å². The number of halogens is 1. The van der Waals surface area contributed by atoms with Crippen LogP contribution in [0.5, 0.6) is 11.5 Å². The van der Waals surface area contributed by atoms with Crippen LogP contribution in [0.25, 0.3) is 0 Å². The van der Waals surface area contributed by atoms with Crippen molar-refractivity contribution in [3.63, 3.8) is 0 Å². The predicted octanol–water partition coefficient (Wildman–Crippen LogP) is 4.86. The normalized spacial score (nSPS) is 11.4. The van der Waals surface area contributed by atoms with Gasteiger partial charge in [-0.15, -0.1) is 0 Å². The van der Waals surface area contributed by atoms with E-state index in [1.807, 2.05) is 12.1 Å². The lowest BCUT2D eigenvalue weighted by Crippen LogP contribution is -2.17. The van der Waals surface area contributed by atoms with E-state index in [9.17, 15) is 0 Å². The molecule has 0 atom stereocenters. The zero-order valence-corrected chi connectivity index (χ0v) is 15.6. The van der Waals surface area contributed by atoms with Gasteiger partial charge in [-0.05, 0) is 41.7 Å². The molecule has 0 heterocycles. The summed E-state index contributed by atoms with van der Waals surface area (Å²) in [6, 6.07) is 11.7. The summed E-state index contributed by atoms with van der Waals surface area (Å²) in [6.07, 6.45) is 0. The standard InChI is InChI=1S/C20H26ClNO2/c1-14-6-5-7-17(20(2,3)4)19(14)24-11-10-23-18-9-8-16(21)12-15(18)13-22/h5-9,12H,10-11,13,22H2,1-4H3. The van der Waals surface area contributed by atoms with E-state index in [4.69, 9.17) is 26.8 Å². The summed E-state index contributed by atoms with van der Waals surface area (Å²) in [6.45, 7) is 9.94. The third kappa shape index (κ3) is 4.65. The Hall–Kier alpha value is -1.71. The van der Waals surface area contributed by atoms with Gasteiger partial charge in [0.15, 0.2) is 0 Å². The van der Waals surface area contributed by atoms with E-state index in [-0.39, 0.29) is 5.41 Å². The molecule has 0 unspecified atom stereocenters. The zero-order valence-electron chi connectivity index (χ0n) is 14.9. The lowest BCUT2D eigenvalue weighted by atomic mass is 9.85. The maximum atomic E-state index is 6.03. The second-order valence-corrected chi connectivity index (χ2v) is 7.29. The monoisotopic (exact) mass is 347 g/mol. The van der Waals surface area contributed by atoms with Crippen molar-refractivity contribution in [3.8, 4) is 11.5 Å². The van der Waals surface area contributed by atoms with Crippen molar-refractivity contribution in [3.05, 3.63) is 58.1 Å². The topological polar surface area (TPSA) is 44.5 Å². The summed E-state index contributed by atoms with van der Waals surface area (Å²) in [5.41, 5.74) is 9.00. The van der Waals surface area contributed by atoms with Gasteiger partial charge in [0.05, 0.1) is 0 Å². The van der Waals surface area contributed by atoms with Gasteiger partial charge in [0, 0.05) is 17.1 Å². The van der Waals surface area contributed by atoms with E-state index in [0.29, 0.717) is 24.8 Å². The van der Waals surface area contributed by atoms with Crippen LogP contribution in [-0.4, -0.2) is 13.2 Å². The van der Waals surface area contributed by atoms with Gasteiger partial charge in [-0.25, -0.2) is 0 Å². The maximum Gasteiger partial charge on any atom is 0.126 e. The summed E-state index contributed by atoms with van der Waals surface area (Å²) in [5, 5.41) is 0.661. The summed E-state index contributed by atoms with van der Waals surface area (Å²) in [4.78, 5) is 0. The number of aryl methyl sites for hydroxylation is 1. The van der Waals surface area contributed by atoms with Gasteiger partial charge in [0.2, 0.25) is 0 Å². The maximum absolute atomic E-state index is 6.03. The molecule has 0 aliphatic heterocycles. The minimum atomic E-state index is 0.0328. The van der Waals surface area contributed by atoms with Gasteiger partial charge >= 0.3 is 0 Å². The van der Waals surface area contributed by atoms with Gasteiger partial charge in [-0.3, -0.25) is 0 Å². The van der Waals surface area contributed by atoms with Crippen LogP contribution < -0.4 is 15.2 Å². The number of para-hydroxylation sites is 1. The average Bonchev–Trinajstić information content (AvgIpc) is 2.52. The van der Waals surface area contributed by atoms with Crippen LogP contribution in [0.2, 0.25) is 5.02 Å². The van der Waals surface area contributed by atoms with Crippen LogP contribution in [0.1, 0.15) is 37.5 Å². The molecule has 0 saturated heterocycles. The van der Waals surface area contributed by atoms with Crippen LogP contribution in [-0.2, 0) is 12.0 Å². The van der Waals surface area contributed by atoms with Crippen LogP contribution in [0, 0.1) is 6.92 Å². The second-order valence-electron chi connectivity index (χ2n) is 6.85. The molecule has 4 heteroatoms. The summed E-state index contributed by atoms with van der Waals surface area (Å²) >= 11 is 5.98. The Morgan fingerprint density at radius 2 is 1.75 bits per heavy atom. The fourth-order valence-electron chi connectivity index (χ4n) is 2.58.